The number of hydrogen-bond donors (Lipinski definition) is 0. The predicted octanol–water partition coefficient (Wildman–Crippen LogP) is 2.97. The molecule has 0 atom stereocenters. The van der Waals surface area contributed by atoms with Crippen molar-refractivity contribution in [2.75, 3.05) is 21.3 Å². The van der Waals surface area contributed by atoms with Crippen molar-refractivity contribution in [2.45, 2.75) is 6.29 Å². The van der Waals surface area contributed by atoms with E-state index in [0.29, 0.717) is 16.1 Å². The summed E-state index contributed by atoms with van der Waals surface area (Å²) in [5.41, 5.74) is 1.45. The topological polar surface area (TPSA) is 57.7 Å². The van der Waals surface area contributed by atoms with E-state index >= 15 is 0 Å². The van der Waals surface area contributed by atoms with Crippen molar-refractivity contribution in [1.29, 1.82) is 0 Å². The minimum atomic E-state index is -0.606. The van der Waals surface area contributed by atoms with Gasteiger partial charge in [0.05, 0.1) is 12.6 Å². The molecule has 0 aliphatic carbocycles. The van der Waals surface area contributed by atoms with E-state index in [0.717, 1.165) is 5.39 Å². The van der Waals surface area contributed by atoms with Crippen LogP contribution in [0.25, 0.3) is 10.9 Å². The van der Waals surface area contributed by atoms with Crippen molar-refractivity contribution in [3.63, 3.8) is 0 Å². The highest BCUT2D eigenvalue weighted by Crippen LogP contribution is 2.28. The van der Waals surface area contributed by atoms with Crippen LogP contribution in [0, 0.1) is 0 Å². The molecule has 0 bridgehead atoms. The zero-order valence-corrected chi connectivity index (χ0v) is 12.1. The summed E-state index contributed by atoms with van der Waals surface area (Å²) in [6.07, 6.45) is -0.606. The summed E-state index contributed by atoms with van der Waals surface area (Å²) in [6.45, 7) is 0. The zero-order chi connectivity index (χ0) is 14.7. The van der Waals surface area contributed by atoms with Gasteiger partial charge in [0, 0.05) is 30.2 Å². The van der Waals surface area contributed by atoms with Gasteiger partial charge in [-0.15, -0.1) is 0 Å². The maximum Gasteiger partial charge on any atom is 0.356 e. The summed E-state index contributed by atoms with van der Waals surface area (Å²) < 4.78 is 15.2. The number of rotatable bonds is 4. The fourth-order valence-electron chi connectivity index (χ4n) is 1.98. The average Bonchev–Trinajstić information content (AvgIpc) is 2.46. The monoisotopic (exact) mass is 295 g/mol. The highest BCUT2D eigenvalue weighted by molar-refractivity contribution is 6.31. The van der Waals surface area contributed by atoms with Crippen molar-refractivity contribution in [3.05, 3.63) is 40.5 Å². The van der Waals surface area contributed by atoms with Crippen molar-refractivity contribution >= 4 is 28.5 Å². The van der Waals surface area contributed by atoms with Gasteiger partial charge in [-0.05, 0) is 18.2 Å². The Kier molecular flexibility index (Phi) is 4.54. The van der Waals surface area contributed by atoms with Gasteiger partial charge in [0.1, 0.15) is 5.69 Å². The number of pyridine rings is 1. The molecule has 0 N–H and O–H groups in total. The number of carbonyl (C=O) groups is 1. The lowest BCUT2D eigenvalue weighted by Crippen LogP contribution is -2.10. The van der Waals surface area contributed by atoms with Crippen LogP contribution < -0.4 is 0 Å². The van der Waals surface area contributed by atoms with Crippen LogP contribution in [0.15, 0.2) is 24.3 Å². The van der Waals surface area contributed by atoms with Gasteiger partial charge in [0.2, 0.25) is 0 Å². The average molecular weight is 296 g/mol. The molecule has 0 saturated carbocycles. The Morgan fingerprint density at radius 1 is 1.20 bits per heavy atom. The van der Waals surface area contributed by atoms with E-state index < -0.39 is 12.3 Å². The zero-order valence-electron chi connectivity index (χ0n) is 11.3. The first-order valence-corrected chi connectivity index (χ1v) is 6.22. The first kappa shape index (κ1) is 14.7. The number of ether oxygens (including phenoxy) is 3. The Bertz CT molecular complexity index is 640. The minimum Gasteiger partial charge on any atom is -0.464 e. The lowest BCUT2D eigenvalue weighted by atomic mass is 10.1. The maximum atomic E-state index is 11.7. The lowest BCUT2D eigenvalue weighted by Gasteiger charge is -2.16. The van der Waals surface area contributed by atoms with E-state index in [1.165, 1.54) is 21.3 Å². The molecule has 2 aromatic rings. The van der Waals surface area contributed by atoms with Crippen LogP contribution in [-0.2, 0) is 14.2 Å². The van der Waals surface area contributed by atoms with Crippen LogP contribution in [0.1, 0.15) is 22.3 Å². The summed E-state index contributed by atoms with van der Waals surface area (Å²) in [5, 5.41) is 1.33. The predicted molar refractivity (Wildman–Crippen MR) is 74.9 cm³/mol. The molecule has 0 aliphatic heterocycles. The van der Waals surface area contributed by atoms with Crippen molar-refractivity contribution < 1.29 is 19.0 Å². The molecule has 5 nitrogen and oxygen atoms in total. The Balaban J connectivity index is 2.71. The van der Waals surface area contributed by atoms with Gasteiger partial charge in [-0.25, -0.2) is 9.78 Å². The molecule has 0 spiro atoms. The first-order chi connectivity index (χ1) is 9.60. The van der Waals surface area contributed by atoms with Gasteiger partial charge in [-0.3, -0.25) is 0 Å². The Hall–Kier alpha value is -1.69. The van der Waals surface area contributed by atoms with Crippen LogP contribution >= 0.6 is 11.6 Å². The van der Waals surface area contributed by atoms with Gasteiger partial charge in [0.15, 0.2) is 6.29 Å². The van der Waals surface area contributed by atoms with Crippen molar-refractivity contribution in [1.82, 2.24) is 4.98 Å². The number of aromatic nitrogens is 1. The van der Waals surface area contributed by atoms with E-state index in [-0.39, 0.29) is 5.69 Å². The fourth-order valence-corrected chi connectivity index (χ4v) is 2.15. The van der Waals surface area contributed by atoms with Crippen LogP contribution in [0.4, 0.5) is 0 Å². The molecular weight excluding hydrogens is 282 g/mol. The minimum absolute atomic E-state index is 0.177. The van der Waals surface area contributed by atoms with Gasteiger partial charge < -0.3 is 14.2 Å². The normalized spacial score (nSPS) is 11.1. The largest absolute Gasteiger partial charge is 0.464 e. The maximum absolute atomic E-state index is 11.7. The number of nitrogens with zero attached hydrogens (tertiary/aromatic N) is 1. The molecule has 0 unspecified atom stereocenters. The molecule has 0 aliphatic rings. The molecule has 2 rings (SSSR count). The second kappa shape index (κ2) is 6.17. The Morgan fingerprint density at radius 3 is 2.50 bits per heavy atom. The van der Waals surface area contributed by atoms with E-state index in [1.54, 1.807) is 18.2 Å². The summed E-state index contributed by atoms with van der Waals surface area (Å²) in [4.78, 5) is 15.9. The number of halogens is 1. The standard InChI is InChI=1S/C14H14ClNO4/c1-18-13(17)12-7-10(14(19-2)20-3)9-5-4-8(15)6-11(9)16-12/h4-7,14H,1-3H3. The Morgan fingerprint density at radius 2 is 1.90 bits per heavy atom. The number of fused-ring (bicyclic) bond motifs is 1. The first-order valence-electron chi connectivity index (χ1n) is 5.84. The summed E-state index contributed by atoms with van der Waals surface area (Å²) in [6, 6.07) is 6.83. The van der Waals surface area contributed by atoms with Gasteiger partial charge in [-0.1, -0.05) is 17.7 Å². The molecule has 0 amide bonds. The SMILES string of the molecule is COC(=O)c1cc(C(OC)OC)c2ccc(Cl)cc2n1. The third-order valence-electron chi connectivity index (χ3n) is 2.88. The molecule has 1 aromatic heterocycles. The smallest absolute Gasteiger partial charge is 0.356 e. The third-order valence-corrected chi connectivity index (χ3v) is 3.12. The van der Waals surface area contributed by atoms with Gasteiger partial charge >= 0.3 is 5.97 Å². The van der Waals surface area contributed by atoms with Crippen molar-refractivity contribution in [2.24, 2.45) is 0 Å². The third kappa shape index (κ3) is 2.75. The fraction of sp³-hybridized carbons (Fsp3) is 0.286. The van der Waals surface area contributed by atoms with E-state index in [9.17, 15) is 4.79 Å². The second-order valence-electron chi connectivity index (χ2n) is 4.05. The van der Waals surface area contributed by atoms with Crippen LogP contribution in [0.3, 0.4) is 0 Å². The summed E-state index contributed by atoms with van der Waals surface area (Å²) in [7, 11) is 4.35. The van der Waals surface area contributed by atoms with E-state index in [2.05, 4.69) is 4.98 Å². The van der Waals surface area contributed by atoms with E-state index in [4.69, 9.17) is 25.8 Å². The molecule has 0 saturated heterocycles. The molecule has 20 heavy (non-hydrogen) atoms. The Labute approximate surface area is 121 Å². The number of carbonyl (C=O) groups excluding carboxylic acids is 1. The highest BCUT2D eigenvalue weighted by Gasteiger charge is 2.18. The van der Waals surface area contributed by atoms with Crippen LogP contribution in [0.2, 0.25) is 5.02 Å². The number of esters is 1. The molecule has 1 heterocycles. The molecule has 6 heteroatoms. The molecule has 0 fully saturated rings. The second-order valence-corrected chi connectivity index (χ2v) is 4.49. The quantitative estimate of drug-likeness (QED) is 0.641. The summed E-state index contributed by atoms with van der Waals surface area (Å²) >= 11 is 5.97. The number of hydrogen-bond acceptors (Lipinski definition) is 5. The number of benzene rings is 1. The summed E-state index contributed by atoms with van der Waals surface area (Å²) in [5.74, 6) is -0.529. The van der Waals surface area contributed by atoms with Crippen LogP contribution in [-0.4, -0.2) is 32.3 Å². The molecular formula is C14H14ClNO4. The lowest BCUT2D eigenvalue weighted by molar-refractivity contribution is -0.105. The van der Waals surface area contributed by atoms with Crippen molar-refractivity contribution in [3.8, 4) is 0 Å². The molecule has 106 valence electrons. The molecule has 0 radical (unpaired) electrons. The number of methoxy groups -OCH3 is 3. The van der Waals surface area contributed by atoms with Crippen LogP contribution in [0.5, 0.6) is 0 Å². The highest BCUT2D eigenvalue weighted by atomic mass is 35.5. The van der Waals surface area contributed by atoms with E-state index in [1.807, 2.05) is 6.07 Å². The molecule has 1 aromatic carbocycles. The van der Waals surface area contributed by atoms with Gasteiger partial charge in [-0.2, -0.15) is 0 Å². The van der Waals surface area contributed by atoms with Gasteiger partial charge in [0.25, 0.3) is 0 Å².